The number of aromatic nitrogens is 1. The quantitative estimate of drug-likeness (QED) is 0.734. The first-order chi connectivity index (χ1) is 11.6. The van der Waals surface area contributed by atoms with Gasteiger partial charge >= 0.3 is 0 Å². The molecule has 0 aliphatic carbocycles. The summed E-state index contributed by atoms with van der Waals surface area (Å²) in [7, 11) is 3.23. The third kappa shape index (κ3) is 4.07. The van der Waals surface area contributed by atoms with E-state index in [-0.39, 0.29) is 0 Å². The zero-order chi connectivity index (χ0) is 17.5. The predicted octanol–water partition coefficient (Wildman–Crippen LogP) is 2.37. The van der Waals surface area contributed by atoms with Crippen LogP contribution < -0.4 is 14.8 Å². The summed E-state index contributed by atoms with van der Waals surface area (Å²) in [5.74, 6) is 1.30. The van der Waals surface area contributed by atoms with Crippen LogP contribution in [0.1, 0.15) is 13.8 Å². The maximum Gasteiger partial charge on any atom is 0.170 e. The number of nitrogens with zero attached hydrogens (tertiary/aromatic N) is 2. The van der Waals surface area contributed by atoms with E-state index in [0.29, 0.717) is 24.6 Å². The molecule has 0 fully saturated rings. The molecule has 0 amide bonds. The van der Waals surface area contributed by atoms with Crippen molar-refractivity contribution in [3.8, 4) is 11.5 Å². The van der Waals surface area contributed by atoms with Crippen molar-refractivity contribution in [3.63, 3.8) is 0 Å². The molecule has 1 aromatic heterocycles. The summed E-state index contributed by atoms with van der Waals surface area (Å²) in [5, 5.41) is 14.4. The summed E-state index contributed by atoms with van der Waals surface area (Å²) < 4.78 is 10.9. The highest BCUT2D eigenvalue weighted by Crippen LogP contribution is 2.39. The maximum absolute atomic E-state index is 10.3. The molecule has 0 bridgehead atoms. The van der Waals surface area contributed by atoms with E-state index < -0.39 is 6.10 Å². The molecule has 0 saturated carbocycles. The number of likely N-dealkylation sites (N-methyl/N-ethyl adjacent to an activating group) is 1. The molecule has 0 aliphatic rings. The number of benzene rings is 1. The van der Waals surface area contributed by atoms with Crippen molar-refractivity contribution < 1.29 is 14.6 Å². The van der Waals surface area contributed by atoms with Crippen molar-refractivity contribution in [2.75, 3.05) is 45.7 Å². The van der Waals surface area contributed by atoms with E-state index in [2.05, 4.69) is 29.0 Å². The van der Waals surface area contributed by atoms with Crippen LogP contribution in [-0.2, 0) is 0 Å². The maximum atomic E-state index is 10.3. The van der Waals surface area contributed by atoms with E-state index in [0.717, 1.165) is 29.7 Å². The largest absolute Gasteiger partial charge is 0.493 e. The Labute approximate surface area is 143 Å². The van der Waals surface area contributed by atoms with Crippen molar-refractivity contribution in [2.24, 2.45) is 0 Å². The molecule has 6 nitrogen and oxygen atoms in total. The summed E-state index contributed by atoms with van der Waals surface area (Å²) in [6.07, 6.45) is 1.28. The normalized spacial score (nSPS) is 12.4. The van der Waals surface area contributed by atoms with Gasteiger partial charge in [-0.15, -0.1) is 0 Å². The third-order valence-corrected chi connectivity index (χ3v) is 4.12. The van der Waals surface area contributed by atoms with Gasteiger partial charge in [0.1, 0.15) is 0 Å². The number of aliphatic hydroxyl groups excluding tert-OH is 1. The number of hydrogen-bond acceptors (Lipinski definition) is 6. The Morgan fingerprint density at radius 1 is 1.25 bits per heavy atom. The zero-order valence-corrected chi connectivity index (χ0v) is 14.9. The zero-order valence-electron chi connectivity index (χ0n) is 14.9. The fourth-order valence-corrected chi connectivity index (χ4v) is 2.77. The summed E-state index contributed by atoms with van der Waals surface area (Å²) in [6, 6.07) is 5.67. The minimum absolute atomic E-state index is 0.442. The minimum Gasteiger partial charge on any atom is -0.493 e. The van der Waals surface area contributed by atoms with Gasteiger partial charge in [-0.1, -0.05) is 13.8 Å². The number of nitrogens with one attached hydrogen (secondary N) is 1. The molecule has 2 N–H and O–H groups in total. The van der Waals surface area contributed by atoms with Crippen molar-refractivity contribution >= 4 is 16.6 Å². The fraction of sp³-hybridized carbons (Fsp3) is 0.500. The Morgan fingerprint density at radius 2 is 2.00 bits per heavy atom. The predicted molar refractivity (Wildman–Crippen MR) is 97.1 cm³/mol. The first-order valence-electron chi connectivity index (χ1n) is 8.28. The molecule has 2 rings (SSSR count). The van der Waals surface area contributed by atoms with Gasteiger partial charge < -0.3 is 24.8 Å². The van der Waals surface area contributed by atoms with Crippen molar-refractivity contribution in [2.45, 2.75) is 20.0 Å². The van der Waals surface area contributed by atoms with E-state index in [1.165, 1.54) is 0 Å². The number of fused-ring (bicyclic) bond motifs is 1. The molecule has 1 aromatic carbocycles. The number of hydrogen-bond donors (Lipinski definition) is 2. The molecule has 24 heavy (non-hydrogen) atoms. The van der Waals surface area contributed by atoms with Crippen molar-refractivity contribution in [1.29, 1.82) is 0 Å². The van der Waals surface area contributed by atoms with Gasteiger partial charge in [-0.2, -0.15) is 0 Å². The third-order valence-electron chi connectivity index (χ3n) is 4.12. The molecule has 1 unspecified atom stereocenters. The van der Waals surface area contributed by atoms with Gasteiger partial charge in [0.2, 0.25) is 0 Å². The SMILES string of the molecule is CCN(CC)CC(O)CNc1cc(OC)c(OC)c2cccnc12. The Bertz CT molecular complexity index is 659. The second-order valence-corrected chi connectivity index (χ2v) is 5.58. The Morgan fingerprint density at radius 3 is 2.62 bits per heavy atom. The highest BCUT2D eigenvalue weighted by atomic mass is 16.5. The van der Waals surface area contributed by atoms with Gasteiger partial charge in [0.15, 0.2) is 11.5 Å². The van der Waals surface area contributed by atoms with E-state index in [9.17, 15) is 5.11 Å². The molecule has 132 valence electrons. The number of ether oxygens (including phenoxy) is 2. The Kier molecular flexibility index (Phi) is 6.63. The Hall–Kier alpha value is -2.05. The van der Waals surface area contributed by atoms with E-state index in [1.54, 1.807) is 20.4 Å². The Balaban J connectivity index is 2.23. The van der Waals surface area contributed by atoms with Gasteiger partial charge in [0.25, 0.3) is 0 Å². The molecule has 0 radical (unpaired) electrons. The molecular formula is C18H27N3O3. The molecule has 2 aromatic rings. The van der Waals surface area contributed by atoms with E-state index in [1.807, 2.05) is 18.2 Å². The lowest BCUT2D eigenvalue weighted by Gasteiger charge is -2.22. The smallest absolute Gasteiger partial charge is 0.170 e. The average molecular weight is 333 g/mol. The summed E-state index contributed by atoms with van der Waals surface area (Å²) in [4.78, 5) is 6.64. The van der Waals surface area contributed by atoms with Gasteiger partial charge in [0.05, 0.1) is 31.5 Å². The lowest BCUT2D eigenvalue weighted by molar-refractivity contribution is 0.128. The van der Waals surface area contributed by atoms with Crippen molar-refractivity contribution in [1.82, 2.24) is 9.88 Å². The average Bonchev–Trinajstić information content (AvgIpc) is 2.63. The minimum atomic E-state index is -0.461. The monoisotopic (exact) mass is 333 g/mol. The molecule has 1 atom stereocenters. The van der Waals surface area contributed by atoms with E-state index in [4.69, 9.17) is 9.47 Å². The summed E-state index contributed by atoms with van der Waals surface area (Å²) in [6.45, 7) is 7.12. The van der Waals surface area contributed by atoms with Crippen LogP contribution in [0.3, 0.4) is 0 Å². The topological polar surface area (TPSA) is 66.9 Å². The van der Waals surface area contributed by atoms with Crippen molar-refractivity contribution in [3.05, 3.63) is 24.4 Å². The number of pyridine rings is 1. The van der Waals surface area contributed by atoms with E-state index >= 15 is 0 Å². The second-order valence-electron chi connectivity index (χ2n) is 5.58. The van der Waals surface area contributed by atoms with Crippen LogP contribution in [0.4, 0.5) is 5.69 Å². The second kappa shape index (κ2) is 8.70. The summed E-state index contributed by atoms with van der Waals surface area (Å²) >= 11 is 0. The fourth-order valence-electron chi connectivity index (χ4n) is 2.77. The highest BCUT2D eigenvalue weighted by Gasteiger charge is 2.15. The number of anilines is 1. The van der Waals surface area contributed by atoms with Gasteiger partial charge in [-0.25, -0.2) is 0 Å². The van der Waals surface area contributed by atoms with Gasteiger partial charge in [0, 0.05) is 30.7 Å². The van der Waals surface area contributed by atoms with Crippen LogP contribution in [-0.4, -0.2) is 61.5 Å². The lowest BCUT2D eigenvalue weighted by Crippen LogP contribution is -2.35. The molecular weight excluding hydrogens is 306 g/mol. The molecule has 1 heterocycles. The molecule has 6 heteroatoms. The van der Waals surface area contributed by atoms with Crippen LogP contribution in [0.25, 0.3) is 10.9 Å². The number of methoxy groups -OCH3 is 2. The standard InChI is InChI=1S/C18H27N3O3/c1-5-21(6-2)12-13(22)11-20-15-10-16(23-3)18(24-4)14-8-7-9-19-17(14)15/h7-10,13,20,22H,5-6,11-12H2,1-4H3. The van der Waals surface area contributed by atoms with Gasteiger partial charge in [-0.3, -0.25) is 4.98 Å². The number of rotatable bonds is 9. The van der Waals surface area contributed by atoms with Crippen LogP contribution in [0.2, 0.25) is 0 Å². The van der Waals surface area contributed by atoms with Crippen LogP contribution in [0, 0.1) is 0 Å². The van der Waals surface area contributed by atoms with Crippen LogP contribution >= 0.6 is 0 Å². The molecule has 0 saturated heterocycles. The molecule has 0 spiro atoms. The lowest BCUT2D eigenvalue weighted by atomic mass is 10.1. The number of aliphatic hydroxyl groups is 1. The first kappa shape index (κ1) is 18.3. The van der Waals surface area contributed by atoms with Crippen LogP contribution in [0.15, 0.2) is 24.4 Å². The highest BCUT2D eigenvalue weighted by molar-refractivity contribution is 5.97. The van der Waals surface area contributed by atoms with Crippen LogP contribution in [0.5, 0.6) is 11.5 Å². The van der Waals surface area contributed by atoms with Gasteiger partial charge in [-0.05, 0) is 25.2 Å². The summed E-state index contributed by atoms with van der Waals surface area (Å²) in [5.41, 5.74) is 1.62. The first-order valence-corrected chi connectivity index (χ1v) is 8.28. The molecule has 0 aliphatic heterocycles.